The van der Waals surface area contributed by atoms with Crippen LogP contribution in [0, 0.1) is 5.82 Å². The van der Waals surface area contributed by atoms with Crippen molar-refractivity contribution >= 4 is 46.7 Å². The Kier molecular flexibility index (Phi) is 7.91. The second kappa shape index (κ2) is 11.4. The van der Waals surface area contributed by atoms with E-state index in [2.05, 4.69) is 10.6 Å². The van der Waals surface area contributed by atoms with Gasteiger partial charge >= 0.3 is 0 Å². The number of halogens is 1. The molecule has 4 aromatic rings. The molecule has 7 heteroatoms. The van der Waals surface area contributed by atoms with E-state index in [-0.39, 0.29) is 17.4 Å². The largest absolute Gasteiger partial charge is 0.321 e. The first kappa shape index (κ1) is 23.5. The maximum Gasteiger partial charge on any atom is 0.272 e. The number of carbonyl (C=O) groups is 2. The molecule has 1 heterocycles. The van der Waals surface area contributed by atoms with Crippen molar-refractivity contribution in [3.8, 4) is 0 Å². The summed E-state index contributed by atoms with van der Waals surface area (Å²) in [6.07, 6.45) is 1.64. The summed E-state index contributed by atoms with van der Waals surface area (Å²) in [5.41, 5.74) is 2.60. The van der Waals surface area contributed by atoms with Gasteiger partial charge in [-0.15, -0.1) is 11.8 Å². The summed E-state index contributed by atoms with van der Waals surface area (Å²) >= 11 is 2.98. The number of hydrogen-bond donors (Lipinski definition) is 2. The zero-order valence-corrected chi connectivity index (χ0v) is 19.7. The molecule has 0 saturated heterocycles. The maximum absolute atomic E-state index is 13.9. The highest BCUT2D eigenvalue weighted by molar-refractivity contribution is 7.98. The maximum atomic E-state index is 13.9. The lowest BCUT2D eigenvalue weighted by Crippen LogP contribution is -2.30. The van der Waals surface area contributed by atoms with E-state index < -0.39 is 5.91 Å². The van der Waals surface area contributed by atoms with E-state index >= 15 is 0 Å². The number of carbonyl (C=O) groups excluding carboxylic acids is 2. The summed E-state index contributed by atoms with van der Waals surface area (Å²) in [6, 6.07) is 24.6. The molecule has 4 rings (SSSR count). The van der Waals surface area contributed by atoms with Crippen molar-refractivity contribution in [2.75, 3.05) is 5.32 Å². The molecule has 34 heavy (non-hydrogen) atoms. The molecule has 0 saturated carbocycles. The molecule has 0 fully saturated rings. The van der Waals surface area contributed by atoms with E-state index in [0.29, 0.717) is 22.6 Å². The van der Waals surface area contributed by atoms with Crippen molar-refractivity contribution in [2.24, 2.45) is 0 Å². The molecule has 4 nitrogen and oxygen atoms in total. The van der Waals surface area contributed by atoms with Gasteiger partial charge in [-0.25, -0.2) is 4.39 Å². The van der Waals surface area contributed by atoms with Crippen LogP contribution < -0.4 is 10.6 Å². The molecule has 0 atom stereocenters. The van der Waals surface area contributed by atoms with Crippen LogP contribution in [0.25, 0.3) is 6.08 Å². The van der Waals surface area contributed by atoms with Crippen LogP contribution in [0.15, 0.2) is 106 Å². The monoisotopic (exact) mass is 488 g/mol. The summed E-state index contributed by atoms with van der Waals surface area (Å²) < 4.78 is 13.9. The van der Waals surface area contributed by atoms with Crippen LogP contribution in [0.5, 0.6) is 0 Å². The minimum Gasteiger partial charge on any atom is -0.321 e. The lowest BCUT2D eigenvalue weighted by Gasteiger charge is -2.12. The Morgan fingerprint density at radius 1 is 0.941 bits per heavy atom. The van der Waals surface area contributed by atoms with E-state index in [9.17, 15) is 14.0 Å². The third-order valence-electron chi connectivity index (χ3n) is 4.83. The summed E-state index contributed by atoms with van der Waals surface area (Å²) in [6.45, 7) is 0. The molecule has 3 aromatic carbocycles. The summed E-state index contributed by atoms with van der Waals surface area (Å²) in [5.74, 6) is -0.574. The smallest absolute Gasteiger partial charge is 0.272 e. The van der Waals surface area contributed by atoms with E-state index in [1.165, 1.54) is 29.2 Å². The highest BCUT2D eigenvalue weighted by Crippen LogP contribution is 2.26. The van der Waals surface area contributed by atoms with Gasteiger partial charge in [0.15, 0.2) is 0 Å². The second-order valence-corrected chi connectivity index (χ2v) is 9.13. The highest BCUT2D eigenvalue weighted by Gasteiger charge is 2.15. The fraction of sp³-hybridized carbons (Fsp3) is 0.0370. The molecule has 0 aliphatic carbocycles. The van der Waals surface area contributed by atoms with Crippen LogP contribution >= 0.6 is 23.1 Å². The number of thiophene rings is 1. The lowest BCUT2D eigenvalue weighted by molar-refractivity contribution is -0.113. The van der Waals surface area contributed by atoms with Crippen LogP contribution in [-0.4, -0.2) is 11.8 Å². The third-order valence-corrected chi connectivity index (χ3v) is 6.57. The molecular weight excluding hydrogens is 467 g/mol. The Morgan fingerprint density at radius 2 is 1.74 bits per heavy atom. The van der Waals surface area contributed by atoms with Crippen LogP contribution in [0.1, 0.15) is 21.5 Å². The van der Waals surface area contributed by atoms with Crippen molar-refractivity contribution in [1.82, 2.24) is 5.32 Å². The number of anilines is 1. The van der Waals surface area contributed by atoms with Gasteiger partial charge in [-0.3, -0.25) is 9.59 Å². The first-order valence-corrected chi connectivity index (χ1v) is 12.4. The quantitative estimate of drug-likeness (QED) is 0.217. The second-order valence-electron chi connectivity index (χ2n) is 7.30. The molecule has 0 spiro atoms. The van der Waals surface area contributed by atoms with E-state index in [4.69, 9.17) is 0 Å². The highest BCUT2D eigenvalue weighted by atomic mass is 32.2. The van der Waals surface area contributed by atoms with Gasteiger partial charge in [0, 0.05) is 21.9 Å². The standard InChI is InChI=1S/C27H21FN2O2S2/c28-24-12-5-4-9-21(24)18-34-23-11-6-10-22(16-23)29-27(32)25(15-19-13-14-33-17-19)30-26(31)20-7-2-1-3-8-20/h1-17H,18H2,(H,29,32)(H,30,31)/b25-15+. The summed E-state index contributed by atoms with van der Waals surface area (Å²) in [4.78, 5) is 26.7. The Morgan fingerprint density at radius 3 is 2.50 bits per heavy atom. The Hall–Kier alpha value is -3.68. The normalized spacial score (nSPS) is 11.1. The summed E-state index contributed by atoms with van der Waals surface area (Å²) in [5, 5.41) is 9.37. The van der Waals surface area contributed by atoms with Crippen molar-refractivity contribution in [2.45, 2.75) is 10.6 Å². The zero-order valence-electron chi connectivity index (χ0n) is 18.0. The number of thioether (sulfide) groups is 1. The Balaban J connectivity index is 1.48. The fourth-order valence-electron chi connectivity index (χ4n) is 3.10. The number of hydrogen-bond acceptors (Lipinski definition) is 4. The van der Waals surface area contributed by atoms with Crippen molar-refractivity contribution in [3.63, 3.8) is 0 Å². The van der Waals surface area contributed by atoms with Crippen LogP contribution in [0.3, 0.4) is 0 Å². The summed E-state index contributed by atoms with van der Waals surface area (Å²) in [7, 11) is 0. The molecule has 0 aliphatic heterocycles. The first-order valence-electron chi connectivity index (χ1n) is 10.5. The van der Waals surface area contributed by atoms with Crippen molar-refractivity contribution in [3.05, 3.63) is 124 Å². The van der Waals surface area contributed by atoms with Crippen molar-refractivity contribution < 1.29 is 14.0 Å². The van der Waals surface area contributed by atoms with Crippen LogP contribution in [0.4, 0.5) is 10.1 Å². The minimum atomic E-state index is -0.438. The average Bonchev–Trinajstić information content (AvgIpc) is 3.37. The molecule has 0 radical (unpaired) electrons. The lowest BCUT2D eigenvalue weighted by atomic mass is 10.2. The van der Waals surface area contributed by atoms with Gasteiger partial charge in [-0.1, -0.05) is 42.5 Å². The predicted molar refractivity (Wildman–Crippen MR) is 137 cm³/mol. The van der Waals surface area contributed by atoms with Gasteiger partial charge in [-0.05, 0) is 70.4 Å². The third kappa shape index (κ3) is 6.43. The molecule has 0 unspecified atom stereocenters. The van der Waals surface area contributed by atoms with Gasteiger partial charge in [0.25, 0.3) is 11.8 Å². The number of benzene rings is 3. The number of rotatable bonds is 8. The van der Waals surface area contributed by atoms with Gasteiger partial charge in [0.2, 0.25) is 0 Å². The SMILES string of the molecule is O=C(Nc1cccc(SCc2ccccc2F)c1)/C(=C\c1ccsc1)NC(=O)c1ccccc1. The van der Waals surface area contributed by atoms with Crippen molar-refractivity contribution in [1.29, 1.82) is 0 Å². The molecule has 0 bridgehead atoms. The van der Waals surface area contributed by atoms with E-state index in [1.54, 1.807) is 54.6 Å². The molecule has 0 aliphatic rings. The average molecular weight is 489 g/mol. The van der Waals surface area contributed by atoms with Gasteiger partial charge in [0.05, 0.1) is 0 Å². The zero-order chi connectivity index (χ0) is 23.8. The molecular formula is C27H21FN2O2S2. The first-order chi connectivity index (χ1) is 16.6. The fourth-order valence-corrected chi connectivity index (χ4v) is 4.66. The Bertz CT molecular complexity index is 1310. The van der Waals surface area contributed by atoms with E-state index in [0.717, 1.165) is 10.5 Å². The van der Waals surface area contributed by atoms with Gasteiger partial charge in [0.1, 0.15) is 11.5 Å². The molecule has 2 N–H and O–H groups in total. The van der Waals surface area contributed by atoms with Crippen LogP contribution in [0.2, 0.25) is 0 Å². The van der Waals surface area contributed by atoms with Crippen LogP contribution in [-0.2, 0) is 10.5 Å². The van der Waals surface area contributed by atoms with Gasteiger partial charge < -0.3 is 10.6 Å². The molecule has 2 amide bonds. The number of nitrogens with one attached hydrogen (secondary N) is 2. The molecule has 170 valence electrons. The minimum absolute atomic E-state index is 0.136. The Labute approximate surface area is 205 Å². The van der Waals surface area contributed by atoms with E-state index in [1.807, 2.05) is 41.1 Å². The topological polar surface area (TPSA) is 58.2 Å². The van der Waals surface area contributed by atoms with Gasteiger partial charge in [-0.2, -0.15) is 11.3 Å². The number of amides is 2. The molecule has 1 aromatic heterocycles. The predicted octanol–water partition coefficient (Wildman–Crippen LogP) is 6.59.